The average Bonchev–Trinajstić information content (AvgIpc) is 3.14. The first-order chi connectivity index (χ1) is 13.5. The largest absolute Gasteiger partial charge is 0.356 e. The highest BCUT2D eigenvalue weighted by molar-refractivity contribution is 8.02. The lowest BCUT2D eigenvalue weighted by atomic mass is 10.2. The number of hydrogen-bond donors (Lipinski definition) is 2. The van der Waals surface area contributed by atoms with Crippen molar-refractivity contribution in [1.82, 2.24) is 10.2 Å². The Morgan fingerprint density at radius 2 is 1.89 bits per heavy atom. The molecule has 0 radical (unpaired) electrons. The van der Waals surface area contributed by atoms with Crippen LogP contribution in [0.3, 0.4) is 0 Å². The van der Waals surface area contributed by atoms with Crippen LogP contribution in [0, 0.1) is 10.1 Å². The van der Waals surface area contributed by atoms with Gasteiger partial charge in [-0.3, -0.25) is 14.9 Å². The molecule has 1 amide bonds. The van der Waals surface area contributed by atoms with Gasteiger partial charge in [-0.25, -0.2) is 0 Å². The zero-order valence-electron chi connectivity index (χ0n) is 14.9. The van der Waals surface area contributed by atoms with Crippen LogP contribution in [-0.4, -0.2) is 26.3 Å². The zero-order valence-corrected chi connectivity index (χ0v) is 16.5. The predicted molar refractivity (Wildman–Crippen MR) is 111 cm³/mol. The number of benzene rings is 2. The van der Waals surface area contributed by atoms with Gasteiger partial charge in [-0.1, -0.05) is 65.6 Å². The lowest BCUT2D eigenvalue weighted by Crippen LogP contribution is -2.22. The van der Waals surface area contributed by atoms with E-state index in [4.69, 9.17) is 0 Å². The van der Waals surface area contributed by atoms with Crippen LogP contribution in [0.15, 0.2) is 58.9 Å². The summed E-state index contributed by atoms with van der Waals surface area (Å²) in [5.41, 5.74) is 1.16. The number of aromatic nitrogens is 2. The van der Waals surface area contributed by atoms with Gasteiger partial charge in [-0.15, -0.1) is 10.2 Å². The predicted octanol–water partition coefficient (Wildman–Crippen LogP) is 4.18. The van der Waals surface area contributed by atoms with Gasteiger partial charge in [0.15, 0.2) is 4.34 Å². The Morgan fingerprint density at radius 1 is 1.18 bits per heavy atom. The van der Waals surface area contributed by atoms with Gasteiger partial charge in [0.05, 0.1) is 10.2 Å². The molecule has 10 heteroatoms. The van der Waals surface area contributed by atoms with Gasteiger partial charge in [0, 0.05) is 12.6 Å². The fourth-order valence-corrected chi connectivity index (χ4v) is 4.17. The molecule has 8 nitrogen and oxygen atoms in total. The fourth-order valence-electron chi connectivity index (χ4n) is 2.28. The Hall–Kier alpha value is -2.98. The standard InChI is InChI=1S/C18H17N5O3S2/c1-12(16(24)20-14-9-5-6-10-15(14)23(25)26)27-18-22-21-17(28-18)19-11-13-7-3-2-4-8-13/h2-10,12H,11H2,1H3,(H,19,21)(H,20,24)/t12-/m1/s1. The molecule has 0 fully saturated rings. The number of nitrogens with zero attached hydrogens (tertiary/aromatic N) is 3. The number of para-hydroxylation sites is 2. The van der Waals surface area contributed by atoms with E-state index in [0.29, 0.717) is 16.0 Å². The van der Waals surface area contributed by atoms with Crippen molar-refractivity contribution < 1.29 is 9.72 Å². The molecule has 1 heterocycles. The highest BCUT2D eigenvalue weighted by Gasteiger charge is 2.21. The van der Waals surface area contributed by atoms with Crippen molar-refractivity contribution in [1.29, 1.82) is 0 Å². The van der Waals surface area contributed by atoms with Gasteiger partial charge < -0.3 is 10.6 Å². The molecule has 0 aliphatic carbocycles. The van der Waals surface area contributed by atoms with Crippen molar-refractivity contribution in [3.05, 3.63) is 70.3 Å². The second kappa shape index (κ2) is 9.29. The van der Waals surface area contributed by atoms with E-state index in [2.05, 4.69) is 20.8 Å². The maximum atomic E-state index is 12.4. The topological polar surface area (TPSA) is 110 Å². The number of nitro benzene ring substituents is 1. The number of rotatable bonds is 8. The minimum atomic E-state index is -0.525. The van der Waals surface area contributed by atoms with E-state index < -0.39 is 10.2 Å². The molecule has 144 valence electrons. The van der Waals surface area contributed by atoms with Crippen LogP contribution in [0.1, 0.15) is 12.5 Å². The van der Waals surface area contributed by atoms with E-state index in [9.17, 15) is 14.9 Å². The first-order valence-corrected chi connectivity index (χ1v) is 10.0. The van der Waals surface area contributed by atoms with Gasteiger partial charge in [-0.05, 0) is 18.6 Å². The van der Waals surface area contributed by atoms with E-state index in [-0.39, 0.29) is 17.3 Å². The number of hydrogen-bond acceptors (Lipinski definition) is 8. The lowest BCUT2D eigenvalue weighted by molar-refractivity contribution is -0.383. The summed E-state index contributed by atoms with van der Waals surface area (Å²) < 4.78 is 0.640. The van der Waals surface area contributed by atoms with Gasteiger partial charge in [0.2, 0.25) is 11.0 Å². The van der Waals surface area contributed by atoms with E-state index in [0.717, 1.165) is 5.56 Å². The van der Waals surface area contributed by atoms with Gasteiger partial charge in [0.25, 0.3) is 5.69 Å². The highest BCUT2D eigenvalue weighted by atomic mass is 32.2. The molecule has 0 aliphatic heterocycles. The number of carbonyl (C=O) groups is 1. The third kappa shape index (κ3) is 5.27. The Balaban J connectivity index is 1.56. The first-order valence-electron chi connectivity index (χ1n) is 8.35. The molecule has 28 heavy (non-hydrogen) atoms. The lowest BCUT2D eigenvalue weighted by Gasteiger charge is -2.10. The zero-order chi connectivity index (χ0) is 19.9. The van der Waals surface area contributed by atoms with Gasteiger partial charge >= 0.3 is 0 Å². The minimum absolute atomic E-state index is 0.142. The molecule has 2 aromatic carbocycles. The first kappa shape index (κ1) is 19.8. The van der Waals surface area contributed by atoms with Crippen LogP contribution in [-0.2, 0) is 11.3 Å². The second-order valence-corrected chi connectivity index (χ2v) is 8.30. The minimum Gasteiger partial charge on any atom is -0.356 e. The summed E-state index contributed by atoms with van der Waals surface area (Å²) in [5.74, 6) is -0.340. The molecular weight excluding hydrogens is 398 g/mol. The molecule has 0 spiro atoms. The van der Waals surface area contributed by atoms with Crippen LogP contribution in [0.25, 0.3) is 0 Å². The highest BCUT2D eigenvalue weighted by Crippen LogP contribution is 2.30. The molecule has 1 aromatic heterocycles. The number of nitrogens with one attached hydrogen (secondary N) is 2. The van der Waals surface area contributed by atoms with E-state index >= 15 is 0 Å². The van der Waals surface area contributed by atoms with Crippen molar-refractivity contribution in [2.24, 2.45) is 0 Å². The van der Waals surface area contributed by atoms with Crippen LogP contribution in [0.4, 0.5) is 16.5 Å². The summed E-state index contributed by atoms with van der Waals surface area (Å²) in [4.78, 5) is 22.9. The van der Waals surface area contributed by atoms with Crippen molar-refractivity contribution in [3.63, 3.8) is 0 Å². The smallest absolute Gasteiger partial charge is 0.292 e. The van der Waals surface area contributed by atoms with Gasteiger partial charge in [-0.2, -0.15) is 0 Å². The fraction of sp³-hybridized carbons (Fsp3) is 0.167. The summed E-state index contributed by atoms with van der Waals surface area (Å²) in [5, 5.41) is 25.2. The quantitative estimate of drug-likeness (QED) is 0.323. The van der Waals surface area contributed by atoms with Crippen LogP contribution in [0.2, 0.25) is 0 Å². The molecule has 2 N–H and O–H groups in total. The maximum absolute atomic E-state index is 12.4. The molecule has 0 aliphatic rings. The van der Waals surface area contributed by atoms with Crippen molar-refractivity contribution in [2.45, 2.75) is 23.1 Å². The molecule has 0 bridgehead atoms. The van der Waals surface area contributed by atoms with Gasteiger partial charge in [0.1, 0.15) is 5.69 Å². The molecule has 0 saturated carbocycles. The maximum Gasteiger partial charge on any atom is 0.292 e. The molecule has 3 aromatic rings. The summed E-state index contributed by atoms with van der Waals surface area (Å²) in [6.07, 6.45) is 0. The normalized spacial score (nSPS) is 11.6. The van der Waals surface area contributed by atoms with E-state index in [1.54, 1.807) is 19.1 Å². The Bertz CT molecular complexity index is 965. The van der Waals surface area contributed by atoms with Crippen molar-refractivity contribution >= 4 is 45.5 Å². The average molecular weight is 416 g/mol. The molecular formula is C18H17N5O3S2. The third-order valence-electron chi connectivity index (χ3n) is 3.70. The van der Waals surface area contributed by atoms with Crippen LogP contribution < -0.4 is 10.6 Å². The monoisotopic (exact) mass is 415 g/mol. The second-order valence-electron chi connectivity index (χ2n) is 5.74. The summed E-state index contributed by atoms with van der Waals surface area (Å²) in [6, 6.07) is 16.0. The molecule has 3 rings (SSSR count). The van der Waals surface area contributed by atoms with Crippen LogP contribution >= 0.6 is 23.1 Å². The summed E-state index contributed by atoms with van der Waals surface area (Å²) in [7, 11) is 0. The number of nitro groups is 1. The number of thioether (sulfide) groups is 1. The third-order valence-corrected chi connectivity index (χ3v) is 5.76. The Labute approximate surface area is 169 Å². The SMILES string of the molecule is C[C@@H](Sc1nnc(NCc2ccccc2)s1)C(=O)Nc1ccccc1[N+](=O)[O-]. The molecule has 0 saturated heterocycles. The van der Waals surface area contributed by atoms with E-state index in [1.165, 1.54) is 35.2 Å². The Morgan fingerprint density at radius 3 is 2.64 bits per heavy atom. The molecule has 0 unspecified atom stereocenters. The Kier molecular flexibility index (Phi) is 6.56. The van der Waals surface area contributed by atoms with Crippen LogP contribution in [0.5, 0.6) is 0 Å². The number of anilines is 2. The summed E-state index contributed by atoms with van der Waals surface area (Å²) >= 11 is 2.60. The number of amides is 1. The van der Waals surface area contributed by atoms with Crippen molar-refractivity contribution in [2.75, 3.05) is 10.6 Å². The van der Waals surface area contributed by atoms with E-state index in [1.807, 2.05) is 30.3 Å². The van der Waals surface area contributed by atoms with Crippen molar-refractivity contribution in [3.8, 4) is 0 Å². The number of carbonyl (C=O) groups excluding carboxylic acids is 1. The molecule has 1 atom stereocenters. The summed E-state index contributed by atoms with van der Waals surface area (Å²) in [6.45, 7) is 2.35.